The number of rotatable bonds is 3. The van der Waals surface area contributed by atoms with E-state index in [4.69, 9.17) is 9.47 Å². The largest absolute Gasteiger partial charge is 0.485 e. The van der Waals surface area contributed by atoms with E-state index in [9.17, 15) is 9.59 Å². The lowest BCUT2D eigenvalue weighted by molar-refractivity contribution is -0.143. The first-order valence-corrected chi connectivity index (χ1v) is 10.3. The highest BCUT2D eigenvalue weighted by Crippen LogP contribution is 2.31. The molecule has 0 aromatic heterocycles. The summed E-state index contributed by atoms with van der Waals surface area (Å²) in [5.41, 5.74) is 0. The summed E-state index contributed by atoms with van der Waals surface area (Å²) in [4.78, 5) is 31.3. The molecule has 152 valence electrons. The van der Waals surface area contributed by atoms with Gasteiger partial charge in [0.2, 0.25) is 12.0 Å². The zero-order chi connectivity index (χ0) is 19.5. The third-order valence-electron chi connectivity index (χ3n) is 5.96. The van der Waals surface area contributed by atoms with Gasteiger partial charge in [-0.1, -0.05) is 19.1 Å². The molecule has 2 fully saturated rings. The fourth-order valence-corrected chi connectivity index (χ4v) is 4.02. The Balaban J connectivity index is 1.24. The minimum Gasteiger partial charge on any atom is -0.485 e. The van der Waals surface area contributed by atoms with Gasteiger partial charge in [0.15, 0.2) is 11.5 Å². The zero-order valence-corrected chi connectivity index (χ0v) is 16.5. The van der Waals surface area contributed by atoms with Crippen molar-refractivity contribution in [2.45, 2.75) is 25.9 Å². The number of likely N-dealkylation sites (tertiary alicyclic amines) is 1. The van der Waals surface area contributed by atoms with E-state index in [1.54, 1.807) is 0 Å². The number of piperidine rings is 1. The van der Waals surface area contributed by atoms with Crippen LogP contribution in [0.15, 0.2) is 24.3 Å². The molecule has 0 N–H and O–H groups in total. The van der Waals surface area contributed by atoms with Gasteiger partial charge >= 0.3 is 0 Å². The molecular formula is C21H29N3O4. The molecular weight excluding hydrogens is 358 g/mol. The van der Waals surface area contributed by atoms with Crippen LogP contribution >= 0.6 is 0 Å². The monoisotopic (exact) mass is 387 g/mol. The van der Waals surface area contributed by atoms with Crippen LogP contribution in [0.4, 0.5) is 0 Å². The molecule has 3 heterocycles. The van der Waals surface area contributed by atoms with Gasteiger partial charge < -0.3 is 19.3 Å². The standard InChI is InChI=1S/C21H29N3O4/c1-16-6-8-23(9-7-16)20(25)14-22-10-12-24(13-11-22)21(26)19-15-27-17-4-2-3-5-18(17)28-19/h2-5,16,19H,6-15H2,1H3. The van der Waals surface area contributed by atoms with Crippen molar-refractivity contribution in [3.63, 3.8) is 0 Å². The summed E-state index contributed by atoms with van der Waals surface area (Å²) in [6, 6.07) is 7.41. The number of carbonyl (C=O) groups is 2. The second-order valence-electron chi connectivity index (χ2n) is 8.03. The lowest BCUT2D eigenvalue weighted by Gasteiger charge is -2.38. The van der Waals surface area contributed by atoms with E-state index in [-0.39, 0.29) is 18.4 Å². The van der Waals surface area contributed by atoms with Gasteiger partial charge in [0.25, 0.3) is 5.91 Å². The third kappa shape index (κ3) is 4.24. The van der Waals surface area contributed by atoms with Gasteiger partial charge in [0, 0.05) is 39.3 Å². The Morgan fingerprint density at radius 1 is 0.964 bits per heavy atom. The molecule has 3 aliphatic rings. The van der Waals surface area contributed by atoms with E-state index in [1.165, 1.54) is 0 Å². The van der Waals surface area contributed by atoms with Gasteiger partial charge in [-0.15, -0.1) is 0 Å². The highest BCUT2D eigenvalue weighted by molar-refractivity contribution is 5.82. The van der Waals surface area contributed by atoms with Crippen molar-refractivity contribution in [2.24, 2.45) is 5.92 Å². The van der Waals surface area contributed by atoms with Crippen molar-refractivity contribution < 1.29 is 19.1 Å². The van der Waals surface area contributed by atoms with Crippen molar-refractivity contribution in [1.82, 2.24) is 14.7 Å². The van der Waals surface area contributed by atoms with Gasteiger partial charge in [-0.05, 0) is 30.9 Å². The molecule has 4 rings (SSSR count). The molecule has 0 bridgehead atoms. The van der Waals surface area contributed by atoms with Crippen LogP contribution in [0, 0.1) is 5.92 Å². The molecule has 3 aliphatic heterocycles. The summed E-state index contributed by atoms with van der Waals surface area (Å²) < 4.78 is 11.5. The van der Waals surface area contributed by atoms with Crippen LogP contribution in [0.25, 0.3) is 0 Å². The second kappa shape index (κ2) is 8.39. The van der Waals surface area contributed by atoms with Gasteiger partial charge in [-0.25, -0.2) is 0 Å². The molecule has 0 aliphatic carbocycles. The topological polar surface area (TPSA) is 62.3 Å². The van der Waals surface area contributed by atoms with Crippen LogP contribution in [0.1, 0.15) is 19.8 Å². The molecule has 7 nitrogen and oxygen atoms in total. The highest BCUT2D eigenvalue weighted by atomic mass is 16.6. The quantitative estimate of drug-likeness (QED) is 0.781. The number of nitrogens with zero attached hydrogens (tertiary/aromatic N) is 3. The van der Waals surface area contributed by atoms with Gasteiger partial charge in [-0.2, -0.15) is 0 Å². The number of piperazine rings is 1. The maximum atomic E-state index is 12.8. The number of hydrogen-bond acceptors (Lipinski definition) is 5. The van der Waals surface area contributed by atoms with Crippen LogP contribution in [0.5, 0.6) is 11.5 Å². The van der Waals surface area contributed by atoms with Gasteiger partial charge in [0.1, 0.15) is 6.61 Å². The summed E-state index contributed by atoms with van der Waals surface area (Å²) in [7, 11) is 0. The van der Waals surface area contributed by atoms with Crippen molar-refractivity contribution in [1.29, 1.82) is 0 Å². The Hall–Kier alpha value is -2.28. The second-order valence-corrected chi connectivity index (χ2v) is 8.03. The summed E-state index contributed by atoms with van der Waals surface area (Å²) in [5, 5.41) is 0. The van der Waals surface area contributed by atoms with Crippen LogP contribution in [0.3, 0.4) is 0 Å². The molecule has 1 aromatic rings. The number of hydrogen-bond donors (Lipinski definition) is 0. The molecule has 0 saturated carbocycles. The summed E-state index contributed by atoms with van der Waals surface area (Å²) >= 11 is 0. The first-order chi connectivity index (χ1) is 13.6. The van der Waals surface area contributed by atoms with E-state index in [0.29, 0.717) is 44.2 Å². The Bertz CT molecular complexity index is 709. The van der Waals surface area contributed by atoms with E-state index in [0.717, 1.165) is 31.8 Å². The number of amides is 2. The minimum absolute atomic E-state index is 0.0366. The van der Waals surface area contributed by atoms with Crippen molar-refractivity contribution >= 4 is 11.8 Å². The van der Waals surface area contributed by atoms with Crippen molar-refractivity contribution in [3.05, 3.63) is 24.3 Å². The normalized spacial score (nSPS) is 23.5. The van der Waals surface area contributed by atoms with Gasteiger partial charge in [-0.3, -0.25) is 14.5 Å². The fraction of sp³-hybridized carbons (Fsp3) is 0.619. The minimum atomic E-state index is -0.599. The average Bonchev–Trinajstić information content (AvgIpc) is 2.74. The van der Waals surface area contributed by atoms with Crippen LogP contribution in [-0.4, -0.2) is 85.0 Å². The smallest absolute Gasteiger partial charge is 0.267 e. The van der Waals surface area contributed by atoms with Crippen LogP contribution < -0.4 is 9.47 Å². The van der Waals surface area contributed by atoms with Crippen LogP contribution in [-0.2, 0) is 9.59 Å². The van der Waals surface area contributed by atoms with Crippen molar-refractivity contribution in [2.75, 3.05) is 52.4 Å². The Morgan fingerprint density at radius 3 is 2.36 bits per heavy atom. The molecule has 1 atom stereocenters. The number of carbonyl (C=O) groups excluding carboxylic acids is 2. The Kier molecular flexibility index (Phi) is 5.71. The Morgan fingerprint density at radius 2 is 1.64 bits per heavy atom. The summed E-state index contributed by atoms with van der Waals surface area (Å²) in [5.74, 6) is 2.20. The van der Waals surface area contributed by atoms with E-state index >= 15 is 0 Å². The maximum Gasteiger partial charge on any atom is 0.267 e. The zero-order valence-electron chi connectivity index (χ0n) is 16.5. The van der Waals surface area contributed by atoms with Crippen molar-refractivity contribution in [3.8, 4) is 11.5 Å². The molecule has 2 saturated heterocycles. The van der Waals surface area contributed by atoms with E-state index in [1.807, 2.05) is 34.1 Å². The maximum absolute atomic E-state index is 12.8. The van der Waals surface area contributed by atoms with E-state index < -0.39 is 6.10 Å². The first-order valence-electron chi connectivity index (χ1n) is 10.3. The predicted octanol–water partition coefficient (Wildman–Crippen LogP) is 1.23. The summed E-state index contributed by atoms with van der Waals surface area (Å²) in [6.07, 6.45) is 1.60. The average molecular weight is 387 g/mol. The van der Waals surface area contributed by atoms with Crippen LogP contribution in [0.2, 0.25) is 0 Å². The molecule has 1 aromatic carbocycles. The fourth-order valence-electron chi connectivity index (χ4n) is 4.02. The third-order valence-corrected chi connectivity index (χ3v) is 5.96. The lowest BCUT2D eigenvalue weighted by atomic mass is 9.99. The first kappa shape index (κ1) is 19.1. The molecule has 28 heavy (non-hydrogen) atoms. The molecule has 0 spiro atoms. The number of ether oxygens (including phenoxy) is 2. The molecule has 2 amide bonds. The number of fused-ring (bicyclic) bond motifs is 1. The highest BCUT2D eigenvalue weighted by Gasteiger charge is 2.33. The number of para-hydroxylation sites is 2. The predicted molar refractivity (Wildman–Crippen MR) is 104 cm³/mol. The molecule has 7 heteroatoms. The SMILES string of the molecule is CC1CCN(C(=O)CN2CCN(C(=O)C3COc4ccccc4O3)CC2)CC1. The lowest BCUT2D eigenvalue weighted by Crippen LogP contribution is -2.55. The summed E-state index contributed by atoms with van der Waals surface area (Å²) in [6.45, 7) is 7.34. The molecule has 1 unspecified atom stereocenters. The Labute approximate surface area is 166 Å². The van der Waals surface area contributed by atoms with Gasteiger partial charge in [0.05, 0.1) is 6.54 Å². The number of benzene rings is 1. The molecule has 0 radical (unpaired) electrons. The van der Waals surface area contributed by atoms with E-state index in [2.05, 4.69) is 11.8 Å².